The van der Waals surface area contributed by atoms with Gasteiger partial charge in [0, 0.05) is 36.5 Å². The number of methoxy groups -OCH3 is 1. The van der Waals surface area contributed by atoms with Crippen molar-refractivity contribution in [3.05, 3.63) is 46.6 Å². The Kier molecular flexibility index (Phi) is 4.60. The van der Waals surface area contributed by atoms with E-state index < -0.39 is 5.43 Å². The number of aromatic hydroxyl groups is 2. The molecule has 1 aliphatic heterocycles. The lowest BCUT2D eigenvalue weighted by molar-refractivity contribution is 0.145. The monoisotopic (exact) mass is 383 g/mol. The van der Waals surface area contributed by atoms with E-state index in [2.05, 4.69) is 4.90 Å². The molecule has 0 aliphatic carbocycles. The van der Waals surface area contributed by atoms with Crippen molar-refractivity contribution in [1.29, 1.82) is 0 Å². The first-order chi connectivity index (χ1) is 13.5. The molecule has 146 valence electrons. The van der Waals surface area contributed by atoms with Crippen molar-refractivity contribution in [2.24, 2.45) is 0 Å². The topological polar surface area (TPSA) is 103 Å². The molecule has 0 saturated carbocycles. The van der Waals surface area contributed by atoms with Crippen LogP contribution in [0.4, 0.5) is 5.69 Å². The molecule has 0 unspecified atom stereocenters. The zero-order valence-corrected chi connectivity index (χ0v) is 15.4. The number of hydrogen-bond acceptors (Lipinski definition) is 7. The highest BCUT2D eigenvalue weighted by molar-refractivity contribution is 5.91. The molecule has 4 rings (SSSR count). The van der Waals surface area contributed by atoms with Crippen LogP contribution in [0.25, 0.3) is 22.3 Å². The van der Waals surface area contributed by atoms with Crippen LogP contribution < -0.4 is 15.1 Å². The van der Waals surface area contributed by atoms with Gasteiger partial charge in [0.2, 0.25) is 5.75 Å². The number of anilines is 1. The van der Waals surface area contributed by atoms with Gasteiger partial charge in [-0.3, -0.25) is 4.79 Å². The summed E-state index contributed by atoms with van der Waals surface area (Å²) in [5.41, 5.74) is 1.29. The number of phenols is 2. The number of hydrogen-bond donors (Lipinski definition) is 3. The van der Waals surface area contributed by atoms with Crippen LogP contribution in [0.5, 0.6) is 17.2 Å². The second kappa shape index (κ2) is 7.09. The molecule has 3 N–H and O–H groups in total. The van der Waals surface area contributed by atoms with Crippen LogP contribution in [0.15, 0.2) is 45.6 Å². The summed E-state index contributed by atoms with van der Waals surface area (Å²) in [6.07, 6.45) is 1.26. The Labute approximate surface area is 161 Å². The molecule has 3 aromatic rings. The lowest BCUT2D eigenvalue weighted by atomic mass is 10.1. The molecule has 2 heterocycles. The molecule has 0 spiro atoms. The number of rotatable bonds is 3. The third kappa shape index (κ3) is 3.14. The van der Waals surface area contributed by atoms with E-state index in [0.29, 0.717) is 11.3 Å². The standard InChI is InChI=1S/C21H21NO6/c1-27-20-17(26)10-15(24)19-16(25)11-18(28-21(19)20)12-2-4-13(5-3-12)22-8-6-14(23)7-9-22/h2-5,10-11,14,23-24,26H,6-9H2,1H3. The van der Waals surface area contributed by atoms with E-state index in [0.717, 1.165) is 37.7 Å². The second-order valence-corrected chi connectivity index (χ2v) is 6.89. The number of benzene rings is 2. The molecule has 0 radical (unpaired) electrons. The van der Waals surface area contributed by atoms with E-state index in [1.54, 1.807) is 0 Å². The number of aliphatic hydroxyl groups is 1. The first-order valence-corrected chi connectivity index (χ1v) is 9.08. The SMILES string of the molecule is COc1c(O)cc(O)c2c(=O)cc(-c3ccc(N4CCC(O)CC4)cc3)oc12. The largest absolute Gasteiger partial charge is 0.507 e. The van der Waals surface area contributed by atoms with Crippen molar-refractivity contribution in [2.75, 3.05) is 25.1 Å². The lowest BCUT2D eigenvalue weighted by Crippen LogP contribution is -2.35. The summed E-state index contributed by atoms with van der Waals surface area (Å²) in [6, 6.07) is 9.94. The molecular formula is C21H21NO6. The normalized spacial score (nSPS) is 15.1. The molecule has 0 atom stereocenters. The smallest absolute Gasteiger partial charge is 0.204 e. The fourth-order valence-corrected chi connectivity index (χ4v) is 3.58. The molecule has 7 nitrogen and oxygen atoms in total. The third-order valence-electron chi connectivity index (χ3n) is 5.10. The van der Waals surface area contributed by atoms with Crippen molar-refractivity contribution >= 4 is 16.7 Å². The molecule has 1 saturated heterocycles. The summed E-state index contributed by atoms with van der Waals surface area (Å²) in [6.45, 7) is 1.59. The number of nitrogens with zero attached hydrogens (tertiary/aromatic N) is 1. The Hall–Kier alpha value is -3.19. The van der Waals surface area contributed by atoms with E-state index in [9.17, 15) is 20.1 Å². The van der Waals surface area contributed by atoms with Gasteiger partial charge in [-0.1, -0.05) is 0 Å². The van der Waals surface area contributed by atoms with Crippen LogP contribution >= 0.6 is 0 Å². The summed E-state index contributed by atoms with van der Waals surface area (Å²) in [4.78, 5) is 14.7. The average molecular weight is 383 g/mol. The van der Waals surface area contributed by atoms with E-state index in [-0.39, 0.29) is 34.3 Å². The van der Waals surface area contributed by atoms with Crippen molar-refractivity contribution in [3.63, 3.8) is 0 Å². The Bertz CT molecular complexity index is 1060. The number of phenolic OH excluding ortho intramolecular Hbond substituents is 2. The zero-order chi connectivity index (χ0) is 19.8. The van der Waals surface area contributed by atoms with Crippen molar-refractivity contribution in [3.8, 4) is 28.6 Å². The number of fused-ring (bicyclic) bond motifs is 1. The van der Waals surface area contributed by atoms with Gasteiger partial charge in [-0.15, -0.1) is 0 Å². The predicted molar refractivity (Wildman–Crippen MR) is 105 cm³/mol. The maximum absolute atomic E-state index is 12.5. The van der Waals surface area contributed by atoms with Crippen LogP contribution in [0.2, 0.25) is 0 Å². The van der Waals surface area contributed by atoms with Crippen LogP contribution in [0, 0.1) is 0 Å². The van der Waals surface area contributed by atoms with Gasteiger partial charge in [-0.25, -0.2) is 0 Å². The van der Waals surface area contributed by atoms with E-state index in [1.807, 2.05) is 24.3 Å². The fraction of sp³-hybridized carbons (Fsp3) is 0.286. The van der Waals surface area contributed by atoms with Gasteiger partial charge in [-0.05, 0) is 37.1 Å². The highest BCUT2D eigenvalue weighted by Gasteiger charge is 2.20. The molecule has 0 bridgehead atoms. The lowest BCUT2D eigenvalue weighted by Gasteiger charge is -2.31. The minimum absolute atomic E-state index is 0.00315. The summed E-state index contributed by atoms with van der Waals surface area (Å²) < 4.78 is 11.0. The Morgan fingerprint density at radius 2 is 1.75 bits per heavy atom. The maximum Gasteiger partial charge on any atom is 0.204 e. The number of ether oxygens (including phenoxy) is 1. The van der Waals surface area contributed by atoms with Gasteiger partial charge in [0.05, 0.1) is 13.2 Å². The summed E-state index contributed by atoms with van der Waals surface area (Å²) in [5.74, 6) is -0.372. The van der Waals surface area contributed by atoms with Crippen LogP contribution in [-0.4, -0.2) is 41.6 Å². The van der Waals surface area contributed by atoms with E-state index in [4.69, 9.17) is 9.15 Å². The van der Waals surface area contributed by atoms with Gasteiger partial charge >= 0.3 is 0 Å². The van der Waals surface area contributed by atoms with Gasteiger partial charge in [0.1, 0.15) is 16.9 Å². The van der Waals surface area contributed by atoms with Gasteiger partial charge in [0.25, 0.3) is 0 Å². The van der Waals surface area contributed by atoms with Crippen LogP contribution in [0.3, 0.4) is 0 Å². The Morgan fingerprint density at radius 3 is 2.39 bits per heavy atom. The molecule has 2 aromatic carbocycles. The molecule has 28 heavy (non-hydrogen) atoms. The maximum atomic E-state index is 12.5. The van der Waals surface area contributed by atoms with Crippen LogP contribution in [0.1, 0.15) is 12.8 Å². The van der Waals surface area contributed by atoms with Gasteiger partial charge in [-0.2, -0.15) is 0 Å². The minimum Gasteiger partial charge on any atom is -0.507 e. The molecule has 7 heteroatoms. The highest BCUT2D eigenvalue weighted by Crippen LogP contribution is 2.40. The van der Waals surface area contributed by atoms with Gasteiger partial charge in [0.15, 0.2) is 16.8 Å². The molecular weight excluding hydrogens is 362 g/mol. The number of aliphatic hydroxyl groups excluding tert-OH is 1. The Morgan fingerprint density at radius 1 is 1.07 bits per heavy atom. The van der Waals surface area contributed by atoms with Crippen molar-refractivity contribution in [2.45, 2.75) is 18.9 Å². The summed E-state index contributed by atoms with van der Waals surface area (Å²) >= 11 is 0. The zero-order valence-electron chi connectivity index (χ0n) is 15.4. The van der Waals surface area contributed by atoms with E-state index >= 15 is 0 Å². The predicted octanol–water partition coefficient (Wildman–Crippen LogP) is 2.84. The first-order valence-electron chi connectivity index (χ1n) is 9.08. The minimum atomic E-state index is -0.429. The van der Waals surface area contributed by atoms with E-state index in [1.165, 1.54) is 13.2 Å². The molecule has 1 fully saturated rings. The Balaban J connectivity index is 1.74. The molecule has 1 aromatic heterocycles. The van der Waals surface area contributed by atoms with Gasteiger partial charge < -0.3 is 29.4 Å². The first kappa shape index (κ1) is 18.2. The summed E-state index contributed by atoms with van der Waals surface area (Å²) in [7, 11) is 1.35. The third-order valence-corrected chi connectivity index (χ3v) is 5.10. The van der Waals surface area contributed by atoms with Crippen molar-refractivity contribution in [1.82, 2.24) is 0 Å². The second-order valence-electron chi connectivity index (χ2n) is 6.89. The van der Waals surface area contributed by atoms with Crippen LogP contribution in [-0.2, 0) is 0 Å². The fourth-order valence-electron chi connectivity index (χ4n) is 3.58. The summed E-state index contributed by atoms with van der Waals surface area (Å²) in [5, 5.41) is 29.6. The highest BCUT2D eigenvalue weighted by atomic mass is 16.5. The average Bonchev–Trinajstić information content (AvgIpc) is 2.68. The van der Waals surface area contributed by atoms with Crippen molar-refractivity contribution < 1.29 is 24.5 Å². The number of piperidine rings is 1. The molecule has 1 aliphatic rings. The molecule has 0 amide bonds. The quantitative estimate of drug-likeness (QED) is 0.639.